The number of benzene rings is 1. The van der Waals surface area contributed by atoms with E-state index >= 15 is 0 Å². The molecule has 1 fully saturated rings. The second-order valence-electron chi connectivity index (χ2n) is 7.05. The monoisotopic (exact) mass is 413 g/mol. The second kappa shape index (κ2) is 11.1. The molecular weight excluding hydrogens is 386 g/mol. The third-order valence-corrected chi connectivity index (χ3v) is 4.44. The molecule has 1 aromatic carbocycles. The highest BCUT2D eigenvalue weighted by molar-refractivity contribution is 5.83. The zero-order valence-corrected chi connectivity index (χ0v) is 17.4. The van der Waals surface area contributed by atoms with E-state index in [1.54, 1.807) is 30.4 Å². The summed E-state index contributed by atoms with van der Waals surface area (Å²) in [5.74, 6) is -1.29. The van der Waals surface area contributed by atoms with E-state index in [0.717, 1.165) is 5.56 Å². The van der Waals surface area contributed by atoms with Crippen LogP contribution >= 0.6 is 0 Å². The largest absolute Gasteiger partial charge is 0.466 e. The van der Waals surface area contributed by atoms with Gasteiger partial charge in [-0.15, -0.1) is 0 Å². The SMILES string of the molecule is COC(=O)/C=C/C=C\C=C\[C@@H](OC(=O)[C@@H](Cc1ccccc1)NC(C)=O)[C@]1(C)CO1. The highest BCUT2D eigenvalue weighted by atomic mass is 16.6. The zero-order chi connectivity index (χ0) is 22.0. The Morgan fingerprint density at radius 2 is 1.83 bits per heavy atom. The van der Waals surface area contributed by atoms with Crippen LogP contribution in [0.4, 0.5) is 0 Å². The number of methoxy groups -OCH3 is 1. The number of epoxide rings is 1. The number of amides is 1. The molecule has 1 heterocycles. The first kappa shape index (κ1) is 23.1. The number of ether oxygens (including phenoxy) is 3. The van der Waals surface area contributed by atoms with Crippen LogP contribution in [0, 0.1) is 0 Å². The lowest BCUT2D eigenvalue weighted by Crippen LogP contribution is -2.45. The van der Waals surface area contributed by atoms with Crippen molar-refractivity contribution in [2.45, 2.75) is 38.0 Å². The van der Waals surface area contributed by atoms with Gasteiger partial charge in [0.15, 0.2) is 6.10 Å². The van der Waals surface area contributed by atoms with Crippen molar-refractivity contribution in [1.82, 2.24) is 5.32 Å². The van der Waals surface area contributed by atoms with Crippen molar-refractivity contribution in [3.8, 4) is 0 Å². The van der Waals surface area contributed by atoms with E-state index in [0.29, 0.717) is 13.0 Å². The zero-order valence-electron chi connectivity index (χ0n) is 17.4. The van der Waals surface area contributed by atoms with Crippen molar-refractivity contribution in [2.24, 2.45) is 0 Å². The molecule has 0 bridgehead atoms. The van der Waals surface area contributed by atoms with Crippen molar-refractivity contribution < 1.29 is 28.6 Å². The van der Waals surface area contributed by atoms with Gasteiger partial charge in [-0.1, -0.05) is 54.6 Å². The maximum absolute atomic E-state index is 12.8. The molecule has 1 aliphatic rings. The number of nitrogens with one attached hydrogen (secondary N) is 1. The minimum Gasteiger partial charge on any atom is -0.466 e. The highest BCUT2D eigenvalue weighted by Gasteiger charge is 2.48. The smallest absolute Gasteiger partial charge is 0.330 e. The second-order valence-corrected chi connectivity index (χ2v) is 7.05. The Hall–Kier alpha value is -3.19. The number of allylic oxidation sites excluding steroid dienone is 4. The molecule has 0 spiro atoms. The van der Waals surface area contributed by atoms with Crippen LogP contribution in [0.2, 0.25) is 0 Å². The molecule has 7 heteroatoms. The minimum absolute atomic E-state index is 0.311. The quantitative estimate of drug-likeness (QED) is 0.274. The summed E-state index contributed by atoms with van der Waals surface area (Å²) >= 11 is 0. The van der Waals surface area contributed by atoms with Crippen LogP contribution < -0.4 is 5.32 Å². The van der Waals surface area contributed by atoms with Crippen LogP contribution in [0.25, 0.3) is 0 Å². The number of carbonyl (C=O) groups is 3. The molecule has 0 saturated carbocycles. The van der Waals surface area contributed by atoms with E-state index in [1.165, 1.54) is 20.1 Å². The molecule has 0 unspecified atom stereocenters. The Balaban J connectivity index is 2.04. The summed E-state index contributed by atoms with van der Waals surface area (Å²) in [4.78, 5) is 35.4. The molecule has 1 amide bonds. The van der Waals surface area contributed by atoms with Crippen LogP contribution in [-0.2, 0) is 35.0 Å². The molecule has 1 aromatic rings. The van der Waals surface area contributed by atoms with Crippen molar-refractivity contribution in [1.29, 1.82) is 0 Å². The van der Waals surface area contributed by atoms with Crippen LogP contribution in [0.15, 0.2) is 66.8 Å². The number of esters is 2. The summed E-state index contributed by atoms with van der Waals surface area (Å²) in [6.07, 6.45) is 9.29. The lowest BCUT2D eigenvalue weighted by molar-refractivity contribution is -0.153. The standard InChI is InChI=1S/C23H27NO6/c1-17(25)24-19(15-18-11-7-6-8-12-18)22(27)30-20(23(2)16-29-23)13-9-4-5-10-14-21(26)28-3/h4-14,19-20H,15-16H2,1-3H3,(H,24,25)/b5-4-,13-9+,14-10+/t19-,20-,23+/m1/s1. The van der Waals surface area contributed by atoms with Gasteiger partial charge in [0.1, 0.15) is 11.6 Å². The highest BCUT2D eigenvalue weighted by Crippen LogP contribution is 2.33. The maximum atomic E-state index is 12.8. The molecule has 0 aromatic heterocycles. The van der Waals surface area contributed by atoms with Gasteiger partial charge in [-0.2, -0.15) is 0 Å². The Morgan fingerprint density at radius 1 is 1.17 bits per heavy atom. The predicted molar refractivity (Wildman–Crippen MR) is 111 cm³/mol. The molecule has 30 heavy (non-hydrogen) atoms. The van der Waals surface area contributed by atoms with E-state index in [4.69, 9.17) is 9.47 Å². The Labute approximate surface area is 176 Å². The van der Waals surface area contributed by atoms with Gasteiger partial charge >= 0.3 is 11.9 Å². The van der Waals surface area contributed by atoms with E-state index < -0.39 is 29.7 Å². The lowest BCUT2D eigenvalue weighted by Gasteiger charge is -2.22. The van der Waals surface area contributed by atoms with Gasteiger partial charge in [0, 0.05) is 19.4 Å². The Bertz CT molecular complexity index is 823. The van der Waals surface area contributed by atoms with E-state index in [-0.39, 0.29) is 5.91 Å². The first-order valence-electron chi connectivity index (χ1n) is 9.59. The number of carbonyl (C=O) groups excluding carboxylic acids is 3. The van der Waals surface area contributed by atoms with Crippen molar-refractivity contribution in [3.05, 3.63) is 72.4 Å². The fraction of sp³-hybridized carbons (Fsp3) is 0.348. The molecular formula is C23H27NO6. The van der Waals surface area contributed by atoms with Gasteiger partial charge in [0.25, 0.3) is 0 Å². The van der Waals surface area contributed by atoms with Gasteiger partial charge in [-0.3, -0.25) is 4.79 Å². The van der Waals surface area contributed by atoms with Gasteiger partial charge in [-0.05, 0) is 18.6 Å². The van der Waals surface area contributed by atoms with Crippen LogP contribution in [-0.4, -0.2) is 49.3 Å². The van der Waals surface area contributed by atoms with Crippen LogP contribution in [0.1, 0.15) is 19.4 Å². The summed E-state index contributed by atoms with van der Waals surface area (Å²) in [7, 11) is 1.30. The molecule has 1 aliphatic heterocycles. The fourth-order valence-electron chi connectivity index (χ4n) is 2.64. The average Bonchev–Trinajstić information content (AvgIpc) is 3.47. The molecule has 3 atom stereocenters. The van der Waals surface area contributed by atoms with Gasteiger partial charge in [0.2, 0.25) is 5.91 Å². The lowest BCUT2D eigenvalue weighted by atomic mass is 10.0. The Morgan fingerprint density at radius 3 is 2.43 bits per heavy atom. The maximum Gasteiger partial charge on any atom is 0.330 e. The predicted octanol–water partition coefficient (Wildman–Crippen LogP) is 2.28. The summed E-state index contributed by atoms with van der Waals surface area (Å²) in [5.41, 5.74) is 0.310. The summed E-state index contributed by atoms with van der Waals surface area (Å²) in [6, 6.07) is 8.60. The summed E-state index contributed by atoms with van der Waals surface area (Å²) in [6.45, 7) is 3.67. The van der Waals surface area contributed by atoms with Gasteiger partial charge < -0.3 is 19.5 Å². The molecule has 2 rings (SSSR count). The van der Waals surface area contributed by atoms with Gasteiger partial charge in [0.05, 0.1) is 13.7 Å². The van der Waals surface area contributed by atoms with E-state index in [9.17, 15) is 14.4 Å². The van der Waals surface area contributed by atoms with E-state index in [2.05, 4.69) is 10.1 Å². The molecule has 1 saturated heterocycles. The van der Waals surface area contributed by atoms with Gasteiger partial charge in [-0.25, -0.2) is 9.59 Å². The number of rotatable bonds is 10. The first-order chi connectivity index (χ1) is 14.3. The molecule has 7 nitrogen and oxygen atoms in total. The number of hydrogen-bond donors (Lipinski definition) is 1. The molecule has 160 valence electrons. The topological polar surface area (TPSA) is 94.2 Å². The van der Waals surface area contributed by atoms with Crippen molar-refractivity contribution >= 4 is 17.8 Å². The van der Waals surface area contributed by atoms with E-state index in [1.807, 2.05) is 37.3 Å². The van der Waals surface area contributed by atoms with Crippen molar-refractivity contribution in [3.63, 3.8) is 0 Å². The molecule has 1 N–H and O–H groups in total. The van der Waals surface area contributed by atoms with Crippen LogP contribution in [0.3, 0.4) is 0 Å². The summed E-state index contributed by atoms with van der Waals surface area (Å²) in [5, 5.41) is 2.66. The normalized spacial score (nSPS) is 20.2. The fourth-order valence-corrected chi connectivity index (χ4v) is 2.64. The third-order valence-electron chi connectivity index (χ3n) is 4.44. The minimum atomic E-state index is -0.804. The first-order valence-corrected chi connectivity index (χ1v) is 9.59. The van der Waals surface area contributed by atoms with Crippen LogP contribution in [0.5, 0.6) is 0 Å². The number of hydrogen-bond acceptors (Lipinski definition) is 6. The molecule has 0 radical (unpaired) electrons. The third kappa shape index (κ3) is 7.67. The average molecular weight is 413 g/mol. The Kier molecular flexibility index (Phi) is 8.55. The van der Waals surface area contributed by atoms with Crippen molar-refractivity contribution in [2.75, 3.05) is 13.7 Å². The summed E-state index contributed by atoms with van der Waals surface area (Å²) < 4.78 is 15.6. The molecule has 0 aliphatic carbocycles.